The Balaban J connectivity index is 0.00000144. The first-order valence-corrected chi connectivity index (χ1v) is 7.38. The number of rotatable bonds is 1. The van der Waals surface area contributed by atoms with Crippen molar-refractivity contribution in [2.45, 2.75) is 38.0 Å². The Morgan fingerprint density at radius 2 is 2.18 bits per heavy atom. The molecule has 0 aromatic rings. The average Bonchev–Trinajstić information content (AvgIpc) is 2.33. The van der Waals surface area contributed by atoms with Gasteiger partial charge in [0.05, 0.1) is 5.92 Å². The molecule has 0 saturated carbocycles. The van der Waals surface area contributed by atoms with Crippen LogP contribution in [0.3, 0.4) is 0 Å². The molecule has 2 heterocycles. The van der Waals surface area contributed by atoms with E-state index in [4.69, 9.17) is 0 Å². The fourth-order valence-electron chi connectivity index (χ4n) is 2.54. The minimum atomic E-state index is 0. The molecule has 2 aliphatic rings. The van der Waals surface area contributed by atoms with Gasteiger partial charge in [0, 0.05) is 30.1 Å². The van der Waals surface area contributed by atoms with Crippen LogP contribution in [0, 0.1) is 5.92 Å². The number of amides is 1. The van der Waals surface area contributed by atoms with Crippen LogP contribution in [-0.4, -0.2) is 47.5 Å². The number of hydrogen-bond acceptors (Lipinski definition) is 3. The maximum atomic E-state index is 12.4. The number of piperidine rings is 1. The van der Waals surface area contributed by atoms with Crippen molar-refractivity contribution in [3.63, 3.8) is 0 Å². The van der Waals surface area contributed by atoms with Crippen LogP contribution in [0.4, 0.5) is 0 Å². The van der Waals surface area contributed by atoms with Gasteiger partial charge in [0.2, 0.25) is 5.91 Å². The molecule has 1 N–H and O–H groups in total. The molecule has 0 aromatic heterocycles. The second-order valence-electron chi connectivity index (χ2n) is 4.89. The summed E-state index contributed by atoms with van der Waals surface area (Å²) in [5.74, 6) is 1.70. The molecule has 5 heteroatoms. The van der Waals surface area contributed by atoms with Gasteiger partial charge in [-0.3, -0.25) is 4.79 Å². The van der Waals surface area contributed by atoms with Gasteiger partial charge in [-0.25, -0.2) is 0 Å². The van der Waals surface area contributed by atoms with Crippen molar-refractivity contribution >= 4 is 30.1 Å². The zero-order valence-corrected chi connectivity index (χ0v) is 12.3. The molecule has 0 aliphatic carbocycles. The quantitative estimate of drug-likeness (QED) is 0.793. The van der Waals surface area contributed by atoms with Crippen LogP contribution in [-0.2, 0) is 4.79 Å². The number of thioether (sulfide) groups is 1. The Hall–Kier alpha value is 0.0700. The number of halogens is 1. The highest BCUT2D eigenvalue weighted by Gasteiger charge is 2.33. The van der Waals surface area contributed by atoms with Gasteiger partial charge in [0.15, 0.2) is 0 Å². The Morgan fingerprint density at radius 3 is 2.82 bits per heavy atom. The van der Waals surface area contributed by atoms with E-state index in [1.807, 2.05) is 11.8 Å². The summed E-state index contributed by atoms with van der Waals surface area (Å²) < 4.78 is 0. The summed E-state index contributed by atoms with van der Waals surface area (Å²) in [7, 11) is 0. The van der Waals surface area contributed by atoms with Crippen LogP contribution < -0.4 is 5.32 Å². The highest BCUT2D eigenvalue weighted by Crippen LogP contribution is 2.26. The maximum Gasteiger partial charge on any atom is 0.227 e. The fourth-order valence-corrected chi connectivity index (χ4v) is 3.64. The third-order valence-corrected chi connectivity index (χ3v) is 5.15. The molecule has 2 fully saturated rings. The summed E-state index contributed by atoms with van der Waals surface area (Å²) in [6.07, 6.45) is 2.21. The Kier molecular flexibility index (Phi) is 6.10. The van der Waals surface area contributed by atoms with E-state index in [1.165, 1.54) is 0 Å². The Labute approximate surface area is 114 Å². The van der Waals surface area contributed by atoms with E-state index in [0.717, 1.165) is 38.2 Å². The molecule has 1 amide bonds. The molecule has 0 aromatic carbocycles. The lowest BCUT2D eigenvalue weighted by Gasteiger charge is -2.40. The molecule has 2 rings (SSSR count). The van der Waals surface area contributed by atoms with Gasteiger partial charge in [0.25, 0.3) is 0 Å². The van der Waals surface area contributed by atoms with Crippen molar-refractivity contribution in [1.82, 2.24) is 10.2 Å². The van der Waals surface area contributed by atoms with Crippen LogP contribution in [0.1, 0.15) is 26.7 Å². The molecule has 2 saturated heterocycles. The molecular formula is C12H23ClN2OS. The van der Waals surface area contributed by atoms with Gasteiger partial charge in [-0.15, -0.1) is 12.4 Å². The van der Waals surface area contributed by atoms with Crippen molar-refractivity contribution in [2.75, 3.05) is 25.4 Å². The zero-order chi connectivity index (χ0) is 11.5. The molecule has 2 aliphatic heterocycles. The van der Waals surface area contributed by atoms with E-state index >= 15 is 0 Å². The summed E-state index contributed by atoms with van der Waals surface area (Å²) in [5.41, 5.74) is 0. The lowest BCUT2D eigenvalue weighted by Crippen LogP contribution is -2.52. The number of nitrogens with one attached hydrogen (secondary N) is 1. The second-order valence-corrected chi connectivity index (χ2v) is 6.38. The molecule has 3 atom stereocenters. The lowest BCUT2D eigenvalue weighted by molar-refractivity contribution is -0.138. The summed E-state index contributed by atoms with van der Waals surface area (Å²) in [6.45, 7) is 7.31. The van der Waals surface area contributed by atoms with Crippen molar-refractivity contribution in [1.29, 1.82) is 0 Å². The average molecular weight is 279 g/mol. The highest BCUT2D eigenvalue weighted by atomic mass is 35.5. The lowest BCUT2D eigenvalue weighted by atomic mass is 9.97. The predicted molar refractivity (Wildman–Crippen MR) is 75.9 cm³/mol. The van der Waals surface area contributed by atoms with Crippen molar-refractivity contribution in [2.24, 2.45) is 5.92 Å². The van der Waals surface area contributed by atoms with Crippen molar-refractivity contribution in [3.05, 3.63) is 0 Å². The van der Waals surface area contributed by atoms with E-state index < -0.39 is 0 Å². The standard InChI is InChI=1S/C12H22N2OS.ClH/c1-9-10(2)16-7-6-14(9)12(15)11-4-3-5-13-8-11;/h9-11,13H,3-8H2,1-2H3;1H. The molecular weight excluding hydrogens is 256 g/mol. The first-order chi connectivity index (χ1) is 7.70. The van der Waals surface area contributed by atoms with E-state index in [9.17, 15) is 4.79 Å². The van der Waals surface area contributed by atoms with Gasteiger partial charge in [-0.1, -0.05) is 6.92 Å². The fraction of sp³-hybridized carbons (Fsp3) is 0.917. The zero-order valence-electron chi connectivity index (χ0n) is 10.6. The van der Waals surface area contributed by atoms with Gasteiger partial charge in [-0.05, 0) is 26.3 Å². The van der Waals surface area contributed by atoms with Crippen LogP contribution in [0.15, 0.2) is 0 Å². The summed E-state index contributed by atoms with van der Waals surface area (Å²) >= 11 is 1.98. The van der Waals surface area contributed by atoms with Gasteiger partial charge in [0.1, 0.15) is 0 Å². The molecule has 17 heavy (non-hydrogen) atoms. The summed E-state index contributed by atoms with van der Waals surface area (Å²) in [6, 6.07) is 0.396. The molecule has 100 valence electrons. The SMILES string of the molecule is CC1SCCN(C(=O)C2CCCNC2)C1C.Cl. The largest absolute Gasteiger partial charge is 0.338 e. The minimum absolute atomic E-state index is 0. The van der Waals surface area contributed by atoms with E-state index in [0.29, 0.717) is 17.2 Å². The smallest absolute Gasteiger partial charge is 0.227 e. The summed E-state index contributed by atoms with van der Waals surface area (Å²) in [5, 5.41) is 3.91. The minimum Gasteiger partial charge on any atom is -0.338 e. The third kappa shape index (κ3) is 3.52. The molecule has 0 bridgehead atoms. The number of carbonyl (C=O) groups is 1. The molecule has 0 radical (unpaired) electrons. The topological polar surface area (TPSA) is 32.3 Å². The van der Waals surface area contributed by atoms with Gasteiger partial charge in [-0.2, -0.15) is 11.8 Å². The normalized spacial score (nSPS) is 34.0. The van der Waals surface area contributed by atoms with Crippen LogP contribution >= 0.6 is 24.2 Å². The molecule has 3 unspecified atom stereocenters. The summed E-state index contributed by atoms with van der Waals surface area (Å²) in [4.78, 5) is 14.5. The predicted octanol–water partition coefficient (Wildman–Crippen LogP) is 1.76. The molecule has 3 nitrogen and oxygen atoms in total. The van der Waals surface area contributed by atoms with Crippen LogP contribution in [0.2, 0.25) is 0 Å². The first-order valence-electron chi connectivity index (χ1n) is 6.33. The van der Waals surface area contributed by atoms with E-state index in [2.05, 4.69) is 24.1 Å². The van der Waals surface area contributed by atoms with Crippen molar-refractivity contribution < 1.29 is 4.79 Å². The molecule has 0 spiro atoms. The van der Waals surface area contributed by atoms with Crippen LogP contribution in [0.25, 0.3) is 0 Å². The Morgan fingerprint density at radius 1 is 1.41 bits per heavy atom. The van der Waals surface area contributed by atoms with Crippen molar-refractivity contribution in [3.8, 4) is 0 Å². The van der Waals surface area contributed by atoms with E-state index in [1.54, 1.807) is 0 Å². The number of hydrogen-bond donors (Lipinski definition) is 1. The van der Waals surface area contributed by atoms with Crippen LogP contribution in [0.5, 0.6) is 0 Å². The first kappa shape index (κ1) is 15.1. The van der Waals surface area contributed by atoms with Gasteiger partial charge < -0.3 is 10.2 Å². The van der Waals surface area contributed by atoms with E-state index in [-0.39, 0.29) is 18.3 Å². The maximum absolute atomic E-state index is 12.4. The number of nitrogens with zero attached hydrogens (tertiary/aromatic N) is 1. The third-order valence-electron chi connectivity index (χ3n) is 3.81. The van der Waals surface area contributed by atoms with Gasteiger partial charge >= 0.3 is 0 Å². The highest BCUT2D eigenvalue weighted by molar-refractivity contribution is 8.00. The number of carbonyl (C=O) groups excluding carboxylic acids is 1. The monoisotopic (exact) mass is 278 g/mol. The Bertz CT molecular complexity index is 259. The second kappa shape index (κ2) is 6.86.